The van der Waals surface area contributed by atoms with Gasteiger partial charge in [0.2, 0.25) is 0 Å². The molecule has 0 unspecified atom stereocenters. The minimum Gasteiger partial charge on any atom is -0.492 e. The second-order valence-electron chi connectivity index (χ2n) is 2.38. The van der Waals surface area contributed by atoms with Crippen LogP contribution in [0.15, 0.2) is 30.3 Å². The number of alkyl halides is 2. The number of halogens is 2. The minimum atomic E-state index is 0.373. The van der Waals surface area contributed by atoms with Crippen molar-refractivity contribution in [3.05, 3.63) is 30.3 Å². The molecule has 0 aliphatic heterocycles. The van der Waals surface area contributed by atoms with Crippen molar-refractivity contribution in [3.8, 4) is 5.75 Å². The summed E-state index contributed by atoms with van der Waals surface area (Å²) in [6.45, 7) is 0.690. The zero-order valence-electron chi connectivity index (χ0n) is 6.54. The van der Waals surface area contributed by atoms with E-state index in [1.54, 1.807) is 0 Å². The third-order valence-corrected chi connectivity index (χ3v) is 3.58. The summed E-state index contributed by atoms with van der Waals surface area (Å²) < 4.78 is 5.48. The lowest BCUT2D eigenvalue weighted by Gasteiger charge is -2.08. The third kappa shape index (κ3) is 3.59. The Bertz CT molecular complexity index is 213. The summed E-state index contributed by atoms with van der Waals surface area (Å²) in [5.41, 5.74) is 0. The Morgan fingerprint density at radius 1 is 1.25 bits per heavy atom. The number of hydrogen-bond acceptors (Lipinski definition) is 1. The van der Waals surface area contributed by atoms with Gasteiger partial charge in [0.25, 0.3) is 0 Å². The molecule has 0 spiro atoms. The van der Waals surface area contributed by atoms with E-state index in [0.29, 0.717) is 11.4 Å². The van der Waals surface area contributed by atoms with Gasteiger partial charge in [-0.05, 0) is 12.1 Å². The monoisotopic (exact) mass is 292 g/mol. The van der Waals surface area contributed by atoms with E-state index in [1.807, 2.05) is 30.3 Å². The van der Waals surface area contributed by atoms with E-state index in [-0.39, 0.29) is 0 Å². The smallest absolute Gasteiger partial charge is 0.119 e. The largest absolute Gasteiger partial charge is 0.492 e. The molecular weight excluding hydrogens is 284 g/mol. The fraction of sp³-hybridized carbons (Fsp3) is 0.333. The van der Waals surface area contributed by atoms with E-state index in [1.165, 1.54) is 0 Å². The maximum atomic E-state index is 5.48. The highest BCUT2D eigenvalue weighted by Crippen LogP contribution is 2.11. The number of hydrogen-bond donors (Lipinski definition) is 0. The molecule has 0 saturated heterocycles. The van der Waals surface area contributed by atoms with Gasteiger partial charge < -0.3 is 4.74 Å². The maximum absolute atomic E-state index is 5.48. The van der Waals surface area contributed by atoms with Crippen LogP contribution >= 0.6 is 31.9 Å². The highest BCUT2D eigenvalue weighted by atomic mass is 79.9. The topological polar surface area (TPSA) is 9.23 Å². The van der Waals surface area contributed by atoms with E-state index in [2.05, 4.69) is 31.9 Å². The number of para-hydroxylation sites is 1. The van der Waals surface area contributed by atoms with Crippen LogP contribution in [-0.2, 0) is 0 Å². The minimum absolute atomic E-state index is 0.373. The zero-order valence-corrected chi connectivity index (χ0v) is 9.71. The molecule has 0 aliphatic carbocycles. The standard InChI is InChI=1S/C9H10Br2O/c10-6-8(11)7-12-9-4-2-1-3-5-9/h1-5,8H,6-7H2/t8-/m1/s1. The van der Waals surface area contributed by atoms with Crippen molar-refractivity contribution in [2.75, 3.05) is 11.9 Å². The van der Waals surface area contributed by atoms with E-state index in [4.69, 9.17) is 4.74 Å². The van der Waals surface area contributed by atoms with Crippen LogP contribution in [0.3, 0.4) is 0 Å². The van der Waals surface area contributed by atoms with Gasteiger partial charge in [-0.2, -0.15) is 0 Å². The zero-order chi connectivity index (χ0) is 8.81. The Morgan fingerprint density at radius 2 is 1.92 bits per heavy atom. The molecular formula is C9H10Br2O. The van der Waals surface area contributed by atoms with Crippen LogP contribution in [0.25, 0.3) is 0 Å². The highest BCUT2D eigenvalue weighted by Gasteiger charge is 2.01. The molecule has 0 amide bonds. The molecule has 3 heteroatoms. The number of rotatable bonds is 4. The molecule has 1 aromatic rings. The fourth-order valence-electron chi connectivity index (χ4n) is 0.748. The summed E-state index contributed by atoms with van der Waals surface area (Å²) >= 11 is 6.82. The van der Waals surface area contributed by atoms with Crippen molar-refractivity contribution in [1.29, 1.82) is 0 Å². The van der Waals surface area contributed by atoms with Gasteiger partial charge in [-0.25, -0.2) is 0 Å². The fourth-order valence-corrected chi connectivity index (χ4v) is 1.07. The van der Waals surface area contributed by atoms with E-state index in [9.17, 15) is 0 Å². The summed E-state index contributed by atoms with van der Waals surface area (Å²) in [6, 6.07) is 9.81. The molecule has 0 N–H and O–H groups in total. The van der Waals surface area contributed by atoms with E-state index in [0.717, 1.165) is 11.1 Å². The lowest BCUT2D eigenvalue weighted by Crippen LogP contribution is -2.11. The van der Waals surface area contributed by atoms with Crippen molar-refractivity contribution in [1.82, 2.24) is 0 Å². The van der Waals surface area contributed by atoms with Crippen molar-refractivity contribution >= 4 is 31.9 Å². The average molecular weight is 294 g/mol. The molecule has 0 fully saturated rings. The molecule has 0 aromatic heterocycles. The Balaban J connectivity index is 2.33. The van der Waals surface area contributed by atoms with Crippen LogP contribution in [0, 0.1) is 0 Å². The summed E-state index contributed by atoms with van der Waals surface area (Å²) in [7, 11) is 0. The lowest BCUT2D eigenvalue weighted by atomic mass is 10.3. The molecule has 12 heavy (non-hydrogen) atoms. The second-order valence-corrected chi connectivity index (χ2v) is 4.32. The first-order chi connectivity index (χ1) is 5.83. The molecule has 66 valence electrons. The molecule has 0 saturated carbocycles. The Kier molecular flexibility index (Phi) is 4.69. The molecule has 1 rings (SSSR count). The van der Waals surface area contributed by atoms with Crippen molar-refractivity contribution in [2.24, 2.45) is 0 Å². The van der Waals surface area contributed by atoms with Crippen LogP contribution in [0.5, 0.6) is 5.75 Å². The van der Waals surface area contributed by atoms with Crippen molar-refractivity contribution in [3.63, 3.8) is 0 Å². The summed E-state index contributed by atoms with van der Waals surface area (Å²) in [5.74, 6) is 0.919. The van der Waals surface area contributed by atoms with Crippen LogP contribution < -0.4 is 4.74 Å². The van der Waals surface area contributed by atoms with Gasteiger partial charge in [0.05, 0.1) is 4.83 Å². The van der Waals surface area contributed by atoms with E-state index >= 15 is 0 Å². The average Bonchev–Trinajstić information content (AvgIpc) is 2.16. The first-order valence-corrected chi connectivity index (χ1v) is 5.74. The third-order valence-electron chi connectivity index (χ3n) is 1.34. The quantitative estimate of drug-likeness (QED) is 0.775. The first kappa shape index (κ1) is 10.1. The normalized spacial score (nSPS) is 12.5. The predicted molar refractivity (Wildman–Crippen MR) is 58.4 cm³/mol. The molecule has 1 atom stereocenters. The SMILES string of the molecule is BrC[C@@H](Br)COc1ccccc1. The van der Waals surface area contributed by atoms with Gasteiger partial charge in [0.1, 0.15) is 12.4 Å². The number of ether oxygens (including phenoxy) is 1. The Morgan fingerprint density at radius 3 is 2.50 bits per heavy atom. The Labute approximate surface area is 89.4 Å². The van der Waals surface area contributed by atoms with Gasteiger partial charge in [0.15, 0.2) is 0 Å². The second kappa shape index (κ2) is 5.60. The molecule has 0 aliphatic rings. The van der Waals surface area contributed by atoms with Crippen LogP contribution in [0.1, 0.15) is 0 Å². The lowest BCUT2D eigenvalue weighted by molar-refractivity contribution is 0.325. The number of benzene rings is 1. The van der Waals surface area contributed by atoms with Gasteiger partial charge >= 0.3 is 0 Å². The van der Waals surface area contributed by atoms with Gasteiger partial charge in [0, 0.05) is 5.33 Å². The van der Waals surface area contributed by atoms with Gasteiger partial charge in [-0.15, -0.1) is 0 Å². The molecule has 1 nitrogen and oxygen atoms in total. The highest BCUT2D eigenvalue weighted by molar-refractivity contribution is 9.12. The van der Waals surface area contributed by atoms with E-state index < -0.39 is 0 Å². The predicted octanol–water partition coefficient (Wildman–Crippen LogP) is 3.22. The molecule has 0 radical (unpaired) electrons. The van der Waals surface area contributed by atoms with Crippen LogP contribution in [-0.4, -0.2) is 16.8 Å². The van der Waals surface area contributed by atoms with Crippen molar-refractivity contribution in [2.45, 2.75) is 4.83 Å². The maximum Gasteiger partial charge on any atom is 0.119 e. The molecule has 0 bridgehead atoms. The first-order valence-electron chi connectivity index (χ1n) is 3.71. The van der Waals surface area contributed by atoms with Gasteiger partial charge in [-0.1, -0.05) is 50.1 Å². The summed E-state index contributed by atoms with van der Waals surface area (Å²) in [6.07, 6.45) is 0. The van der Waals surface area contributed by atoms with Crippen LogP contribution in [0.4, 0.5) is 0 Å². The summed E-state index contributed by atoms with van der Waals surface area (Å²) in [5, 5.41) is 0.903. The van der Waals surface area contributed by atoms with Crippen LogP contribution in [0.2, 0.25) is 0 Å². The van der Waals surface area contributed by atoms with Gasteiger partial charge in [-0.3, -0.25) is 0 Å². The summed E-state index contributed by atoms with van der Waals surface area (Å²) in [4.78, 5) is 0.373. The molecule has 0 heterocycles. The van der Waals surface area contributed by atoms with Crippen molar-refractivity contribution < 1.29 is 4.74 Å². The molecule has 1 aromatic carbocycles. The Hall–Kier alpha value is -0.0200.